The number of para-hydroxylation sites is 1. The molecule has 2 heterocycles. The lowest BCUT2D eigenvalue weighted by atomic mass is 9.96. The summed E-state index contributed by atoms with van der Waals surface area (Å²) in [4.78, 5) is 32.9. The molecule has 4 rings (SSSR count). The van der Waals surface area contributed by atoms with Gasteiger partial charge < -0.3 is 15.0 Å². The number of ether oxygens (including phenoxy) is 1. The predicted octanol–water partition coefficient (Wildman–Crippen LogP) is 4.02. The van der Waals surface area contributed by atoms with Crippen molar-refractivity contribution in [2.45, 2.75) is 39.8 Å². The molecule has 0 fully saturated rings. The fourth-order valence-electron chi connectivity index (χ4n) is 4.02. The number of carbonyl (C=O) groups is 2. The molecule has 2 aromatic carbocycles. The number of aromatic nitrogens is 1. The molecule has 0 spiro atoms. The Morgan fingerprint density at radius 2 is 1.94 bits per heavy atom. The van der Waals surface area contributed by atoms with Crippen molar-refractivity contribution in [1.29, 1.82) is 0 Å². The lowest BCUT2D eigenvalue weighted by Gasteiger charge is -2.27. The molecule has 1 aliphatic rings. The van der Waals surface area contributed by atoms with Crippen LogP contribution in [0, 0.1) is 13.8 Å². The van der Waals surface area contributed by atoms with Gasteiger partial charge in [0, 0.05) is 41.8 Å². The van der Waals surface area contributed by atoms with Crippen LogP contribution in [-0.4, -0.2) is 41.5 Å². The largest absolute Gasteiger partial charge is 0.449 e. The quantitative estimate of drug-likeness (QED) is 0.649. The zero-order valence-electron chi connectivity index (χ0n) is 18.4. The van der Waals surface area contributed by atoms with Gasteiger partial charge in [-0.2, -0.15) is 0 Å². The highest BCUT2D eigenvalue weighted by Crippen LogP contribution is 2.28. The van der Waals surface area contributed by atoms with Crippen molar-refractivity contribution in [2.24, 2.45) is 0 Å². The average Bonchev–Trinajstić information content (AvgIpc) is 2.73. The lowest BCUT2D eigenvalue weighted by Crippen LogP contribution is -2.32. The van der Waals surface area contributed by atoms with Gasteiger partial charge in [-0.3, -0.25) is 9.78 Å². The van der Waals surface area contributed by atoms with Gasteiger partial charge in [0.05, 0.1) is 11.1 Å². The summed E-state index contributed by atoms with van der Waals surface area (Å²) in [5.41, 5.74) is 5.89. The highest BCUT2D eigenvalue weighted by Gasteiger charge is 2.27. The van der Waals surface area contributed by atoms with E-state index < -0.39 is 12.1 Å². The number of benzene rings is 2. The fourth-order valence-corrected chi connectivity index (χ4v) is 4.02. The Morgan fingerprint density at radius 3 is 2.71 bits per heavy atom. The van der Waals surface area contributed by atoms with Gasteiger partial charge in [0.2, 0.25) is 0 Å². The molecule has 1 N–H and O–H groups in total. The second-order valence-electron chi connectivity index (χ2n) is 8.27. The summed E-state index contributed by atoms with van der Waals surface area (Å²) in [5.74, 6) is -0.849. The van der Waals surface area contributed by atoms with Gasteiger partial charge in [-0.25, -0.2) is 4.79 Å². The lowest BCUT2D eigenvalue weighted by molar-refractivity contribution is -0.123. The van der Waals surface area contributed by atoms with Crippen LogP contribution in [0.3, 0.4) is 0 Å². The molecule has 1 aromatic heterocycles. The molecule has 1 aliphatic heterocycles. The Labute approximate surface area is 182 Å². The minimum Gasteiger partial charge on any atom is -0.449 e. The first kappa shape index (κ1) is 21.0. The molecule has 0 saturated carbocycles. The van der Waals surface area contributed by atoms with E-state index in [0.717, 1.165) is 46.3 Å². The summed E-state index contributed by atoms with van der Waals surface area (Å²) in [5, 5.41) is 3.62. The van der Waals surface area contributed by atoms with E-state index in [9.17, 15) is 9.59 Å². The molecule has 160 valence electrons. The molecule has 6 heteroatoms. The van der Waals surface area contributed by atoms with Crippen LogP contribution in [0.25, 0.3) is 10.9 Å². The predicted molar refractivity (Wildman–Crippen MR) is 121 cm³/mol. The van der Waals surface area contributed by atoms with E-state index in [0.29, 0.717) is 17.8 Å². The maximum absolute atomic E-state index is 13.3. The first-order valence-electron chi connectivity index (χ1n) is 10.5. The van der Waals surface area contributed by atoms with Gasteiger partial charge >= 0.3 is 5.97 Å². The topological polar surface area (TPSA) is 71.5 Å². The normalized spacial score (nSPS) is 14.7. The van der Waals surface area contributed by atoms with Crippen molar-refractivity contribution in [1.82, 2.24) is 9.88 Å². The van der Waals surface area contributed by atoms with Crippen molar-refractivity contribution in [3.8, 4) is 0 Å². The number of hydrogen-bond acceptors (Lipinski definition) is 5. The van der Waals surface area contributed by atoms with Gasteiger partial charge in [0.25, 0.3) is 5.91 Å². The van der Waals surface area contributed by atoms with Crippen molar-refractivity contribution in [3.05, 3.63) is 70.4 Å². The van der Waals surface area contributed by atoms with Gasteiger partial charge in [0.1, 0.15) is 0 Å². The maximum Gasteiger partial charge on any atom is 0.339 e. The molecule has 1 atom stereocenters. The first-order valence-corrected chi connectivity index (χ1v) is 10.5. The first-order chi connectivity index (χ1) is 14.8. The van der Waals surface area contributed by atoms with Crippen LogP contribution in [0.1, 0.15) is 39.7 Å². The molecule has 0 saturated heterocycles. The third kappa shape index (κ3) is 4.30. The van der Waals surface area contributed by atoms with Crippen molar-refractivity contribution in [3.63, 3.8) is 0 Å². The molecule has 6 nitrogen and oxygen atoms in total. The maximum atomic E-state index is 13.3. The van der Waals surface area contributed by atoms with Crippen LogP contribution in [0.15, 0.2) is 42.5 Å². The number of esters is 1. The highest BCUT2D eigenvalue weighted by molar-refractivity contribution is 6.06. The molecule has 0 radical (unpaired) electrons. The number of likely N-dealkylation sites (N-methyl/N-ethyl adjacent to an activating group) is 1. The van der Waals surface area contributed by atoms with E-state index in [-0.39, 0.29) is 5.91 Å². The van der Waals surface area contributed by atoms with E-state index in [4.69, 9.17) is 9.72 Å². The highest BCUT2D eigenvalue weighted by atomic mass is 16.5. The summed E-state index contributed by atoms with van der Waals surface area (Å²) in [6.07, 6.45) is -0.156. The van der Waals surface area contributed by atoms with Gasteiger partial charge in [-0.1, -0.05) is 35.9 Å². The molecule has 31 heavy (non-hydrogen) atoms. The Morgan fingerprint density at radius 1 is 1.16 bits per heavy atom. The smallest absolute Gasteiger partial charge is 0.339 e. The van der Waals surface area contributed by atoms with Crippen LogP contribution in [0.5, 0.6) is 0 Å². The molecular weight excluding hydrogens is 390 g/mol. The number of carbonyl (C=O) groups excluding carboxylic acids is 2. The molecular formula is C25H27N3O3. The summed E-state index contributed by atoms with van der Waals surface area (Å²) in [6.45, 7) is 7.05. The number of fused-ring (bicyclic) bond motifs is 2. The van der Waals surface area contributed by atoms with E-state index in [1.807, 2.05) is 63.4 Å². The molecule has 1 amide bonds. The Kier molecular flexibility index (Phi) is 5.74. The molecule has 0 bridgehead atoms. The van der Waals surface area contributed by atoms with E-state index >= 15 is 0 Å². The van der Waals surface area contributed by atoms with Crippen molar-refractivity contribution < 1.29 is 14.3 Å². The standard InChI is InChI=1S/C25H27N3O3/c1-15-9-10-20(16(2)13-15)27-24(29)17(3)31-25(30)23-18-7-5-6-8-21(18)26-22-11-12-28(4)14-19(22)23/h5-10,13,17H,11-12,14H2,1-4H3,(H,27,29). The summed E-state index contributed by atoms with van der Waals surface area (Å²) < 4.78 is 5.65. The number of anilines is 1. The summed E-state index contributed by atoms with van der Waals surface area (Å²) in [7, 11) is 2.02. The number of aryl methyl sites for hydroxylation is 2. The Bertz CT molecular complexity index is 1170. The minimum absolute atomic E-state index is 0.357. The van der Waals surface area contributed by atoms with E-state index in [2.05, 4.69) is 10.2 Å². The number of nitrogens with zero attached hydrogens (tertiary/aromatic N) is 2. The average molecular weight is 418 g/mol. The van der Waals surface area contributed by atoms with E-state index in [1.165, 1.54) is 0 Å². The molecule has 1 unspecified atom stereocenters. The van der Waals surface area contributed by atoms with Crippen molar-refractivity contribution >= 4 is 28.5 Å². The number of pyridine rings is 1. The fraction of sp³-hybridized carbons (Fsp3) is 0.320. The zero-order valence-corrected chi connectivity index (χ0v) is 18.4. The van der Waals surface area contributed by atoms with Crippen LogP contribution in [-0.2, 0) is 22.5 Å². The van der Waals surface area contributed by atoms with Gasteiger partial charge in [-0.15, -0.1) is 0 Å². The van der Waals surface area contributed by atoms with Crippen LogP contribution >= 0.6 is 0 Å². The SMILES string of the molecule is Cc1ccc(NC(=O)C(C)OC(=O)c2c3c(nc4ccccc24)CCN(C)C3)c(C)c1. The number of amides is 1. The Hall–Kier alpha value is -3.25. The zero-order chi connectivity index (χ0) is 22.1. The van der Waals surface area contributed by atoms with Crippen LogP contribution in [0.4, 0.5) is 5.69 Å². The molecule has 3 aromatic rings. The second kappa shape index (κ2) is 8.47. The minimum atomic E-state index is -0.933. The van der Waals surface area contributed by atoms with Crippen LogP contribution < -0.4 is 5.32 Å². The molecule has 0 aliphatic carbocycles. The number of rotatable bonds is 4. The van der Waals surface area contributed by atoms with Gasteiger partial charge in [-0.05, 0) is 45.5 Å². The third-order valence-electron chi connectivity index (χ3n) is 5.73. The van der Waals surface area contributed by atoms with Gasteiger partial charge in [0.15, 0.2) is 6.10 Å². The number of hydrogen-bond donors (Lipinski definition) is 1. The summed E-state index contributed by atoms with van der Waals surface area (Å²) in [6, 6.07) is 13.4. The monoisotopic (exact) mass is 417 g/mol. The van der Waals surface area contributed by atoms with E-state index in [1.54, 1.807) is 6.92 Å². The Balaban J connectivity index is 1.60. The van der Waals surface area contributed by atoms with Crippen LogP contribution in [0.2, 0.25) is 0 Å². The van der Waals surface area contributed by atoms with Crippen molar-refractivity contribution in [2.75, 3.05) is 18.9 Å². The number of nitrogens with one attached hydrogen (secondary N) is 1. The second-order valence-corrected chi connectivity index (χ2v) is 8.27. The third-order valence-corrected chi connectivity index (χ3v) is 5.73. The summed E-state index contributed by atoms with van der Waals surface area (Å²) >= 11 is 0.